The second-order valence-electron chi connectivity index (χ2n) is 4.94. The third-order valence-corrected chi connectivity index (χ3v) is 3.75. The smallest absolute Gasteiger partial charge is 0.315 e. The van der Waals surface area contributed by atoms with Gasteiger partial charge in [0.15, 0.2) is 5.13 Å². The van der Waals surface area contributed by atoms with Crippen molar-refractivity contribution in [2.24, 2.45) is 0 Å². The van der Waals surface area contributed by atoms with Gasteiger partial charge < -0.3 is 5.32 Å². The maximum absolute atomic E-state index is 12.0. The maximum Gasteiger partial charge on any atom is 0.315 e. The van der Waals surface area contributed by atoms with Gasteiger partial charge in [-0.3, -0.25) is 14.9 Å². The molecule has 0 aliphatic heterocycles. The summed E-state index contributed by atoms with van der Waals surface area (Å²) in [7, 11) is 0. The summed E-state index contributed by atoms with van der Waals surface area (Å²) in [5, 5.41) is 7.36. The number of aromatic nitrogens is 1. The van der Waals surface area contributed by atoms with E-state index in [-0.39, 0.29) is 5.92 Å². The van der Waals surface area contributed by atoms with Crippen LogP contribution in [0, 0.1) is 6.92 Å². The van der Waals surface area contributed by atoms with E-state index < -0.39 is 11.8 Å². The maximum atomic E-state index is 12.0. The van der Waals surface area contributed by atoms with Gasteiger partial charge in [0.25, 0.3) is 0 Å². The van der Waals surface area contributed by atoms with Crippen molar-refractivity contribution in [2.45, 2.75) is 26.7 Å². The summed E-state index contributed by atoms with van der Waals surface area (Å²) < 4.78 is 0. The number of benzene rings is 1. The van der Waals surface area contributed by atoms with Crippen molar-refractivity contribution >= 4 is 34.0 Å². The van der Waals surface area contributed by atoms with Gasteiger partial charge in [-0.15, -0.1) is 11.3 Å². The first kappa shape index (κ1) is 15.2. The highest BCUT2D eigenvalue weighted by atomic mass is 32.1. The number of nitrogens with one attached hydrogen (secondary N) is 2. The van der Waals surface area contributed by atoms with E-state index in [1.807, 2.05) is 44.4 Å². The number of nitrogens with zero attached hydrogens (tertiary/aromatic N) is 1. The highest BCUT2D eigenvalue weighted by Gasteiger charge is 2.17. The van der Waals surface area contributed by atoms with Crippen LogP contribution in [0.4, 0.5) is 10.8 Å². The summed E-state index contributed by atoms with van der Waals surface area (Å²) in [6.07, 6.45) is 0. The molecule has 1 heterocycles. The molecular weight excluding hydrogens is 286 g/mol. The number of hydrogen-bond donors (Lipinski definition) is 2. The predicted octanol–water partition coefficient (Wildman–Crippen LogP) is 3.15. The molecule has 21 heavy (non-hydrogen) atoms. The molecule has 0 unspecified atom stereocenters. The minimum atomic E-state index is -0.720. The molecule has 2 amide bonds. The molecule has 0 spiro atoms. The first-order valence-corrected chi connectivity index (χ1v) is 7.48. The molecular formula is C15H17N3O2S. The van der Waals surface area contributed by atoms with Gasteiger partial charge in [-0.25, -0.2) is 4.98 Å². The van der Waals surface area contributed by atoms with E-state index in [2.05, 4.69) is 15.6 Å². The van der Waals surface area contributed by atoms with Crippen molar-refractivity contribution in [2.75, 3.05) is 10.6 Å². The Morgan fingerprint density at radius 3 is 2.43 bits per heavy atom. The van der Waals surface area contributed by atoms with Crippen molar-refractivity contribution in [1.82, 2.24) is 4.98 Å². The molecule has 0 fully saturated rings. The van der Waals surface area contributed by atoms with Gasteiger partial charge in [-0.05, 0) is 24.5 Å². The lowest BCUT2D eigenvalue weighted by molar-refractivity contribution is -0.133. The first-order chi connectivity index (χ1) is 9.97. The average molecular weight is 303 g/mol. The van der Waals surface area contributed by atoms with Crippen LogP contribution in [0.15, 0.2) is 29.6 Å². The van der Waals surface area contributed by atoms with Crippen LogP contribution in [0.1, 0.15) is 31.0 Å². The monoisotopic (exact) mass is 303 g/mol. The van der Waals surface area contributed by atoms with E-state index >= 15 is 0 Å². The molecule has 6 heteroatoms. The molecule has 1 aromatic heterocycles. The minimum Gasteiger partial charge on any atom is -0.318 e. The summed E-state index contributed by atoms with van der Waals surface area (Å²) in [5.41, 5.74) is 2.45. The summed E-state index contributed by atoms with van der Waals surface area (Å²) in [5.74, 6) is -1.16. The number of aryl methyl sites for hydroxylation is 1. The largest absolute Gasteiger partial charge is 0.318 e. The Labute approximate surface area is 127 Å². The Kier molecular flexibility index (Phi) is 4.70. The minimum absolute atomic E-state index is 0.256. The van der Waals surface area contributed by atoms with E-state index in [0.29, 0.717) is 10.8 Å². The summed E-state index contributed by atoms with van der Waals surface area (Å²) in [6, 6.07) is 7.45. The molecule has 110 valence electrons. The SMILES string of the molecule is Cc1csc(NC(=O)C(=O)Nc2ccccc2C(C)C)n1. The van der Waals surface area contributed by atoms with Gasteiger partial charge >= 0.3 is 11.8 Å². The van der Waals surface area contributed by atoms with E-state index in [9.17, 15) is 9.59 Å². The van der Waals surface area contributed by atoms with E-state index in [1.165, 1.54) is 11.3 Å². The molecule has 0 aliphatic carbocycles. The topological polar surface area (TPSA) is 71.1 Å². The van der Waals surface area contributed by atoms with E-state index in [4.69, 9.17) is 0 Å². The van der Waals surface area contributed by atoms with Crippen LogP contribution < -0.4 is 10.6 Å². The zero-order valence-corrected chi connectivity index (χ0v) is 13.0. The normalized spacial score (nSPS) is 10.5. The average Bonchev–Trinajstić information content (AvgIpc) is 2.84. The predicted molar refractivity (Wildman–Crippen MR) is 84.6 cm³/mol. The van der Waals surface area contributed by atoms with Gasteiger partial charge in [0.1, 0.15) is 0 Å². The highest BCUT2D eigenvalue weighted by molar-refractivity contribution is 7.14. The van der Waals surface area contributed by atoms with E-state index in [0.717, 1.165) is 11.3 Å². The van der Waals surface area contributed by atoms with Crippen LogP contribution in [-0.2, 0) is 9.59 Å². The summed E-state index contributed by atoms with van der Waals surface area (Å²) in [4.78, 5) is 27.9. The van der Waals surface area contributed by atoms with Crippen LogP contribution in [0.25, 0.3) is 0 Å². The molecule has 2 rings (SSSR count). The fraction of sp³-hybridized carbons (Fsp3) is 0.267. The molecule has 0 bridgehead atoms. The number of carbonyl (C=O) groups is 2. The van der Waals surface area contributed by atoms with Crippen molar-refractivity contribution in [1.29, 1.82) is 0 Å². The molecule has 0 saturated heterocycles. The Hall–Kier alpha value is -2.21. The molecule has 0 aliphatic rings. The van der Waals surface area contributed by atoms with Gasteiger partial charge in [0.2, 0.25) is 0 Å². The second kappa shape index (κ2) is 6.49. The fourth-order valence-electron chi connectivity index (χ4n) is 1.86. The van der Waals surface area contributed by atoms with E-state index in [1.54, 1.807) is 6.07 Å². The van der Waals surface area contributed by atoms with Crippen LogP contribution in [0.5, 0.6) is 0 Å². The number of rotatable bonds is 3. The van der Waals surface area contributed by atoms with Gasteiger partial charge in [-0.2, -0.15) is 0 Å². The molecule has 2 N–H and O–H groups in total. The van der Waals surface area contributed by atoms with Crippen molar-refractivity contribution in [3.63, 3.8) is 0 Å². The molecule has 1 aromatic carbocycles. The van der Waals surface area contributed by atoms with Gasteiger partial charge in [-0.1, -0.05) is 32.0 Å². The molecule has 0 radical (unpaired) electrons. The number of anilines is 2. The number of thiazole rings is 1. The Balaban J connectivity index is 2.06. The van der Waals surface area contributed by atoms with Gasteiger partial charge in [0.05, 0.1) is 5.69 Å². The van der Waals surface area contributed by atoms with Crippen molar-refractivity contribution < 1.29 is 9.59 Å². The van der Waals surface area contributed by atoms with Crippen LogP contribution in [0.2, 0.25) is 0 Å². The molecule has 5 nitrogen and oxygen atoms in total. The molecule has 0 saturated carbocycles. The third kappa shape index (κ3) is 3.88. The molecule has 2 aromatic rings. The zero-order valence-electron chi connectivity index (χ0n) is 12.1. The Bertz CT molecular complexity index is 664. The lowest BCUT2D eigenvalue weighted by atomic mass is 10.0. The van der Waals surface area contributed by atoms with Crippen LogP contribution in [0.3, 0.4) is 0 Å². The number of hydrogen-bond acceptors (Lipinski definition) is 4. The Morgan fingerprint density at radius 2 is 1.81 bits per heavy atom. The number of carbonyl (C=O) groups excluding carboxylic acids is 2. The third-order valence-electron chi connectivity index (χ3n) is 2.88. The second-order valence-corrected chi connectivity index (χ2v) is 5.80. The zero-order chi connectivity index (χ0) is 15.4. The fourth-order valence-corrected chi connectivity index (χ4v) is 2.54. The van der Waals surface area contributed by atoms with Crippen molar-refractivity contribution in [3.05, 3.63) is 40.9 Å². The Morgan fingerprint density at radius 1 is 1.14 bits per heavy atom. The standard InChI is InChI=1S/C15H17N3O2S/c1-9(2)11-6-4-5-7-12(11)17-13(19)14(20)18-15-16-10(3)8-21-15/h4-9H,1-3H3,(H,17,19)(H,16,18,20). The number of para-hydroxylation sites is 1. The molecule has 0 atom stereocenters. The lowest BCUT2D eigenvalue weighted by Gasteiger charge is -2.13. The van der Waals surface area contributed by atoms with Crippen LogP contribution in [-0.4, -0.2) is 16.8 Å². The quantitative estimate of drug-likeness (QED) is 0.856. The number of amides is 2. The summed E-state index contributed by atoms with van der Waals surface area (Å²) in [6.45, 7) is 5.89. The van der Waals surface area contributed by atoms with Crippen LogP contribution >= 0.6 is 11.3 Å². The van der Waals surface area contributed by atoms with Gasteiger partial charge in [0, 0.05) is 11.1 Å². The first-order valence-electron chi connectivity index (χ1n) is 6.60. The van der Waals surface area contributed by atoms with Crippen molar-refractivity contribution in [3.8, 4) is 0 Å². The highest BCUT2D eigenvalue weighted by Crippen LogP contribution is 2.23. The lowest BCUT2D eigenvalue weighted by Crippen LogP contribution is -2.29. The summed E-state index contributed by atoms with van der Waals surface area (Å²) >= 11 is 1.29.